The number of nitrogens with zero attached hydrogens (tertiary/aromatic N) is 3. The lowest BCUT2D eigenvalue weighted by molar-refractivity contribution is 0.387. The second kappa shape index (κ2) is 5.11. The number of anilines is 1. The molecule has 0 aliphatic heterocycles. The Hall–Kier alpha value is -0.880. The van der Waals surface area contributed by atoms with Crippen molar-refractivity contribution in [1.82, 2.24) is 19.7 Å². The van der Waals surface area contributed by atoms with Crippen molar-refractivity contribution in [3.8, 4) is 0 Å². The van der Waals surface area contributed by atoms with E-state index in [1.54, 1.807) is 0 Å². The number of nitrogens with one attached hydrogen (secondary N) is 1. The molecule has 80 valence electrons. The zero-order valence-corrected chi connectivity index (χ0v) is 9.47. The minimum Gasteiger partial charge on any atom is -0.368 e. The zero-order chi connectivity index (χ0) is 10.6. The van der Waals surface area contributed by atoms with Crippen LogP contribution in [0.4, 0.5) is 5.95 Å². The maximum absolute atomic E-state index is 5.63. The summed E-state index contributed by atoms with van der Waals surface area (Å²) in [6.45, 7) is 1.93. The normalized spacial score (nSPS) is 11.1. The highest BCUT2D eigenvalue weighted by Crippen LogP contribution is 2.02. The van der Waals surface area contributed by atoms with Crippen LogP contribution in [0.5, 0.6) is 0 Å². The van der Waals surface area contributed by atoms with Gasteiger partial charge in [0.05, 0.1) is 0 Å². The number of aromatic amines is 1. The van der Waals surface area contributed by atoms with Crippen LogP contribution in [0.1, 0.15) is 12.8 Å². The summed E-state index contributed by atoms with van der Waals surface area (Å²) in [4.78, 5) is 2.16. The fourth-order valence-electron chi connectivity index (χ4n) is 1.24. The van der Waals surface area contributed by atoms with Crippen molar-refractivity contribution in [2.75, 3.05) is 26.4 Å². The Kier molecular flexibility index (Phi) is 4.09. The SMILES string of the molecule is CN(C)CCCCn1c(N)n[nH]c1=S. The maximum atomic E-state index is 5.63. The third-order valence-corrected chi connectivity index (χ3v) is 2.34. The van der Waals surface area contributed by atoms with Gasteiger partial charge >= 0.3 is 0 Å². The predicted octanol–water partition coefficient (Wildman–Crippen LogP) is 0.865. The predicted molar refractivity (Wildman–Crippen MR) is 59.6 cm³/mol. The quantitative estimate of drug-likeness (QED) is 0.565. The van der Waals surface area contributed by atoms with Gasteiger partial charge in [0.2, 0.25) is 5.95 Å². The number of hydrogen-bond donors (Lipinski definition) is 2. The third kappa shape index (κ3) is 3.12. The Morgan fingerprint density at radius 3 is 2.71 bits per heavy atom. The van der Waals surface area contributed by atoms with Gasteiger partial charge in [-0.25, -0.2) is 5.10 Å². The van der Waals surface area contributed by atoms with Crippen LogP contribution in [0.15, 0.2) is 0 Å². The largest absolute Gasteiger partial charge is 0.368 e. The van der Waals surface area contributed by atoms with Gasteiger partial charge < -0.3 is 10.6 Å². The van der Waals surface area contributed by atoms with Gasteiger partial charge in [-0.15, -0.1) is 5.10 Å². The average Bonchev–Trinajstić information content (AvgIpc) is 2.42. The van der Waals surface area contributed by atoms with Crippen LogP contribution < -0.4 is 5.73 Å². The van der Waals surface area contributed by atoms with E-state index in [-0.39, 0.29) is 0 Å². The Balaban J connectivity index is 2.35. The molecule has 0 spiro atoms. The van der Waals surface area contributed by atoms with E-state index in [0.717, 1.165) is 25.9 Å². The molecule has 0 radical (unpaired) electrons. The first-order chi connectivity index (χ1) is 6.61. The van der Waals surface area contributed by atoms with Gasteiger partial charge in [-0.05, 0) is 45.7 Å². The summed E-state index contributed by atoms with van der Waals surface area (Å²) in [5.41, 5.74) is 5.63. The van der Waals surface area contributed by atoms with Gasteiger partial charge in [-0.2, -0.15) is 0 Å². The van der Waals surface area contributed by atoms with E-state index in [4.69, 9.17) is 18.0 Å². The number of nitrogens with two attached hydrogens (primary N) is 1. The van der Waals surface area contributed by atoms with Gasteiger partial charge in [-0.1, -0.05) is 0 Å². The van der Waals surface area contributed by atoms with Crippen molar-refractivity contribution < 1.29 is 0 Å². The molecule has 0 aliphatic rings. The van der Waals surface area contributed by atoms with Gasteiger partial charge in [0.1, 0.15) is 0 Å². The van der Waals surface area contributed by atoms with Crippen molar-refractivity contribution >= 4 is 18.2 Å². The first kappa shape index (κ1) is 11.2. The van der Waals surface area contributed by atoms with Gasteiger partial charge in [0.15, 0.2) is 4.77 Å². The molecule has 3 N–H and O–H groups in total. The van der Waals surface area contributed by atoms with Crippen molar-refractivity contribution in [3.05, 3.63) is 4.77 Å². The Morgan fingerprint density at radius 1 is 1.50 bits per heavy atom. The second-order valence-electron chi connectivity index (χ2n) is 3.55. The lowest BCUT2D eigenvalue weighted by atomic mass is 10.3. The molecule has 0 saturated carbocycles. The molecule has 0 aromatic carbocycles. The first-order valence-corrected chi connectivity index (χ1v) is 5.07. The molecule has 0 aliphatic carbocycles. The van der Waals surface area contributed by atoms with Crippen LogP contribution in [-0.2, 0) is 6.54 Å². The molecule has 0 fully saturated rings. The Morgan fingerprint density at radius 2 is 2.21 bits per heavy atom. The van der Waals surface area contributed by atoms with Crippen LogP contribution in [0.3, 0.4) is 0 Å². The highest BCUT2D eigenvalue weighted by atomic mass is 32.1. The maximum Gasteiger partial charge on any atom is 0.220 e. The van der Waals surface area contributed by atoms with Crippen molar-refractivity contribution in [2.45, 2.75) is 19.4 Å². The molecule has 5 nitrogen and oxygen atoms in total. The molecule has 1 heterocycles. The molecular weight excluding hydrogens is 198 g/mol. The average molecular weight is 215 g/mol. The molecule has 6 heteroatoms. The number of nitrogen functional groups attached to an aromatic ring is 1. The van der Waals surface area contributed by atoms with Crippen molar-refractivity contribution in [2.24, 2.45) is 0 Å². The topological polar surface area (TPSA) is 62.9 Å². The highest BCUT2D eigenvalue weighted by Gasteiger charge is 2.00. The standard InChI is InChI=1S/C8H17N5S/c1-12(2)5-3-4-6-13-7(9)10-11-8(13)14/h3-6H2,1-2H3,(H2,9,10)(H,11,14). The smallest absolute Gasteiger partial charge is 0.220 e. The van der Waals surface area contributed by atoms with Crippen LogP contribution >= 0.6 is 12.2 Å². The summed E-state index contributed by atoms with van der Waals surface area (Å²) in [7, 11) is 4.13. The molecule has 0 saturated heterocycles. The molecule has 0 bridgehead atoms. The van der Waals surface area contributed by atoms with Crippen LogP contribution in [-0.4, -0.2) is 40.3 Å². The van der Waals surface area contributed by atoms with E-state index in [0.29, 0.717) is 10.7 Å². The minimum absolute atomic E-state index is 0.472. The first-order valence-electron chi connectivity index (χ1n) is 4.66. The van der Waals surface area contributed by atoms with E-state index in [2.05, 4.69) is 29.2 Å². The fraction of sp³-hybridized carbons (Fsp3) is 0.750. The summed E-state index contributed by atoms with van der Waals surface area (Å²) in [5, 5.41) is 6.51. The lowest BCUT2D eigenvalue weighted by Gasteiger charge is -2.09. The van der Waals surface area contributed by atoms with Crippen molar-refractivity contribution in [1.29, 1.82) is 0 Å². The lowest BCUT2D eigenvalue weighted by Crippen LogP contribution is -2.13. The number of unbranched alkanes of at least 4 members (excludes halogenated alkanes) is 1. The molecular formula is C8H17N5S. The van der Waals surface area contributed by atoms with Gasteiger partial charge in [-0.3, -0.25) is 4.57 Å². The van der Waals surface area contributed by atoms with E-state index in [1.165, 1.54) is 0 Å². The van der Waals surface area contributed by atoms with Gasteiger partial charge in [0, 0.05) is 6.54 Å². The summed E-state index contributed by atoms with van der Waals surface area (Å²) < 4.78 is 2.43. The minimum atomic E-state index is 0.472. The van der Waals surface area contributed by atoms with E-state index >= 15 is 0 Å². The van der Waals surface area contributed by atoms with E-state index < -0.39 is 0 Å². The molecule has 0 unspecified atom stereocenters. The highest BCUT2D eigenvalue weighted by molar-refractivity contribution is 7.71. The Labute approximate surface area is 88.9 Å². The van der Waals surface area contributed by atoms with Crippen LogP contribution in [0, 0.1) is 4.77 Å². The summed E-state index contributed by atoms with van der Waals surface area (Å²) >= 11 is 5.03. The molecule has 1 aromatic heterocycles. The summed E-state index contributed by atoms with van der Waals surface area (Å²) in [6, 6.07) is 0. The molecule has 0 atom stereocenters. The molecule has 14 heavy (non-hydrogen) atoms. The fourth-order valence-corrected chi connectivity index (χ4v) is 1.47. The molecule has 1 aromatic rings. The monoisotopic (exact) mass is 215 g/mol. The van der Waals surface area contributed by atoms with E-state index in [9.17, 15) is 0 Å². The van der Waals surface area contributed by atoms with Crippen LogP contribution in [0.2, 0.25) is 0 Å². The zero-order valence-electron chi connectivity index (χ0n) is 8.66. The van der Waals surface area contributed by atoms with Gasteiger partial charge in [0.25, 0.3) is 0 Å². The number of H-pyrrole nitrogens is 1. The Bertz CT molecular complexity index is 327. The number of hydrogen-bond acceptors (Lipinski definition) is 4. The van der Waals surface area contributed by atoms with E-state index in [1.807, 2.05) is 4.57 Å². The van der Waals surface area contributed by atoms with Crippen LogP contribution in [0.25, 0.3) is 0 Å². The summed E-state index contributed by atoms with van der Waals surface area (Å²) in [5.74, 6) is 0.472. The number of rotatable bonds is 5. The number of aromatic nitrogens is 3. The third-order valence-electron chi connectivity index (χ3n) is 2.02. The molecule has 1 rings (SSSR count). The van der Waals surface area contributed by atoms with Crippen molar-refractivity contribution in [3.63, 3.8) is 0 Å². The second-order valence-corrected chi connectivity index (χ2v) is 3.94. The molecule has 0 amide bonds. The summed E-state index contributed by atoms with van der Waals surface area (Å²) in [6.07, 6.45) is 2.20.